The van der Waals surface area contributed by atoms with Crippen LogP contribution < -0.4 is 15.4 Å². The van der Waals surface area contributed by atoms with Gasteiger partial charge in [0.1, 0.15) is 5.75 Å². The third-order valence-electron chi connectivity index (χ3n) is 4.54. The monoisotopic (exact) mass is 275 g/mol. The van der Waals surface area contributed by atoms with Crippen LogP contribution in [0, 0.1) is 11.8 Å². The molecule has 0 saturated carbocycles. The molecule has 0 radical (unpaired) electrons. The second-order valence-electron chi connectivity index (χ2n) is 5.63. The Hall–Kier alpha value is -1.75. The van der Waals surface area contributed by atoms with E-state index in [4.69, 9.17) is 4.74 Å². The van der Waals surface area contributed by atoms with E-state index in [0.29, 0.717) is 17.9 Å². The van der Waals surface area contributed by atoms with Crippen molar-refractivity contribution in [3.8, 4) is 5.75 Å². The fourth-order valence-electron chi connectivity index (χ4n) is 3.31. The summed E-state index contributed by atoms with van der Waals surface area (Å²) < 4.78 is 5.11. The van der Waals surface area contributed by atoms with Crippen LogP contribution in [-0.2, 0) is 0 Å². The molecule has 2 fully saturated rings. The summed E-state index contributed by atoms with van der Waals surface area (Å²) in [7, 11) is 1.63. The maximum absolute atomic E-state index is 12.4. The molecule has 0 spiro atoms. The zero-order valence-corrected chi connectivity index (χ0v) is 11.9. The molecule has 1 aromatic rings. The van der Waals surface area contributed by atoms with Crippen LogP contribution in [0.3, 0.4) is 0 Å². The number of carbonyl (C=O) groups excluding carboxylic acids is 1. The lowest BCUT2D eigenvalue weighted by Gasteiger charge is -2.24. The highest BCUT2D eigenvalue weighted by molar-refractivity contribution is 5.89. The zero-order valence-electron chi connectivity index (χ0n) is 11.9. The van der Waals surface area contributed by atoms with Gasteiger partial charge >= 0.3 is 6.03 Å². The van der Waals surface area contributed by atoms with E-state index < -0.39 is 0 Å². The third kappa shape index (κ3) is 2.33. The summed E-state index contributed by atoms with van der Waals surface area (Å²) >= 11 is 0. The molecule has 3 rings (SSSR count). The van der Waals surface area contributed by atoms with Crippen LogP contribution in [0.15, 0.2) is 24.3 Å². The van der Waals surface area contributed by atoms with Gasteiger partial charge in [-0.1, -0.05) is 0 Å². The number of urea groups is 1. The molecule has 0 aliphatic carbocycles. The summed E-state index contributed by atoms with van der Waals surface area (Å²) in [5.41, 5.74) is 0.804. The summed E-state index contributed by atoms with van der Waals surface area (Å²) in [6, 6.07) is 7.72. The highest BCUT2D eigenvalue weighted by atomic mass is 16.5. The first kappa shape index (κ1) is 13.2. The van der Waals surface area contributed by atoms with E-state index in [0.717, 1.165) is 31.1 Å². The van der Waals surface area contributed by atoms with Gasteiger partial charge in [-0.05, 0) is 43.0 Å². The minimum Gasteiger partial charge on any atom is -0.497 e. The summed E-state index contributed by atoms with van der Waals surface area (Å²) in [6.07, 6.45) is 0. The Bertz CT molecular complexity index is 488. The van der Waals surface area contributed by atoms with E-state index in [2.05, 4.69) is 17.6 Å². The zero-order chi connectivity index (χ0) is 14.1. The van der Waals surface area contributed by atoms with E-state index in [1.807, 2.05) is 29.2 Å². The van der Waals surface area contributed by atoms with E-state index in [9.17, 15) is 4.79 Å². The van der Waals surface area contributed by atoms with Crippen LogP contribution in [0.25, 0.3) is 0 Å². The number of hydrogen-bond acceptors (Lipinski definition) is 3. The van der Waals surface area contributed by atoms with Gasteiger partial charge in [0, 0.05) is 31.4 Å². The van der Waals surface area contributed by atoms with E-state index in [-0.39, 0.29) is 6.03 Å². The molecule has 108 valence electrons. The Kier molecular flexibility index (Phi) is 3.53. The fraction of sp³-hybridized carbons (Fsp3) is 0.533. The summed E-state index contributed by atoms with van der Waals surface area (Å²) in [6.45, 7) is 5.05. The van der Waals surface area contributed by atoms with Gasteiger partial charge in [-0.15, -0.1) is 0 Å². The molecular formula is C15H21N3O2. The lowest BCUT2D eigenvalue weighted by atomic mass is 9.95. The Morgan fingerprint density at radius 1 is 1.35 bits per heavy atom. The predicted molar refractivity (Wildman–Crippen MR) is 78.0 cm³/mol. The molecule has 2 saturated heterocycles. The van der Waals surface area contributed by atoms with Crippen molar-refractivity contribution in [2.45, 2.75) is 13.0 Å². The van der Waals surface area contributed by atoms with Crippen molar-refractivity contribution in [1.29, 1.82) is 0 Å². The van der Waals surface area contributed by atoms with Gasteiger partial charge in [0.05, 0.1) is 7.11 Å². The van der Waals surface area contributed by atoms with E-state index in [1.165, 1.54) is 0 Å². The highest BCUT2D eigenvalue weighted by Crippen LogP contribution is 2.32. The largest absolute Gasteiger partial charge is 0.497 e. The SMILES string of the molecule is COc1ccc(NC(=O)N2CC3CNCC3C2C)cc1. The van der Waals surface area contributed by atoms with Crippen molar-refractivity contribution in [2.24, 2.45) is 11.8 Å². The predicted octanol–water partition coefficient (Wildman–Crippen LogP) is 1.77. The normalized spacial score (nSPS) is 28.3. The van der Waals surface area contributed by atoms with Crippen molar-refractivity contribution in [2.75, 3.05) is 32.1 Å². The van der Waals surface area contributed by atoms with Crippen molar-refractivity contribution in [3.63, 3.8) is 0 Å². The second kappa shape index (κ2) is 5.32. The molecule has 2 N–H and O–H groups in total. The van der Waals surface area contributed by atoms with E-state index in [1.54, 1.807) is 7.11 Å². The van der Waals surface area contributed by atoms with Crippen molar-refractivity contribution in [1.82, 2.24) is 10.2 Å². The van der Waals surface area contributed by atoms with Crippen LogP contribution in [0.1, 0.15) is 6.92 Å². The third-order valence-corrected chi connectivity index (χ3v) is 4.54. The van der Waals surface area contributed by atoms with Crippen molar-refractivity contribution >= 4 is 11.7 Å². The van der Waals surface area contributed by atoms with Gasteiger partial charge in [-0.3, -0.25) is 0 Å². The van der Waals surface area contributed by atoms with Crippen LogP contribution in [0.4, 0.5) is 10.5 Å². The lowest BCUT2D eigenvalue weighted by Crippen LogP contribution is -2.40. The maximum Gasteiger partial charge on any atom is 0.322 e. The number of hydrogen-bond donors (Lipinski definition) is 2. The summed E-state index contributed by atoms with van der Waals surface area (Å²) in [5, 5.41) is 6.37. The summed E-state index contributed by atoms with van der Waals surface area (Å²) in [5.74, 6) is 1.99. The van der Waals surface area contributed by atoms with Gasteiger partial charge < -0.3 is 20.3 Å². The van der Waals surface area contributed by atoms with E-state index >= 15 is 0 Å². The first-order valence-corrected chi connectivity index (χ1v) is 7.11. The number of methoxy groups -OCH3 is 1. The minimum absolute atomic E-state index is 0.00272. The molecule has 2 amide bonds. The molecule has 1 aromatic carbocycles. The van der Waals surface area contributed by atoms with Gasteiger partial charge in [0.15, 0.2) is 0 Å². The number of amides is 2. The number of likely N-dealkylation sites (tertiary alicyclic amines) is 1. The lowest BCUT2D eigenvalue weighted by molar-refractivity contribution is 0.203. The molecule has 3 atom stereocenters. The molecule has 5 heteroatoms. The minimum atomic E-state index is -0.00272. The maximum atomic E-state index is 12.4. The van der Waals surface area contributed by atoms with Gasteiger partial charge in [-0.25, -0.2) is 4.79 Å². The van der Waals surface area contributed by atoms with Crippen LogP contribution >= 0.6 is 0 Å². The Morgan fingerprint density at radius 2 is 2.10 bits per heavy atom. The van der Waals surface area contributed by atoms with Crippen molar-refractivity contribution in [3.05, 3.63) is 24.3 Å². The number of nitrogens with one attached hydrogen (secondary N) is 2. The van der Waals surface area contributed by atoms with Crippen molar-refractivity contribution < 1.29 is 9.53 Å². The number of carbonyl (C=O) groups is 1. The first-order valence-electron chi connectivity index (χ1n) is 7.11. The Morgan fingerprint density at radius 3 is 2.75 bits per heavy atom. The topological polar surface area (TPSA) is 53.6 Å². The van der Waals surface area contributed by atoms with Crippen LogP contribution in [0.2, 0.25) is 0 Å². The average Bonchev–Trinajstić information content (AvgIpc) is 3.03. The first-order chi connectivity index (χ1) is 9.69. The molecule has 0 bridgehead atoms. The average molecular weight is 275 g/mol. The number of anilines is 1. The fourth-order valence-corrected chi connectivity index (χ4v) is 3.31. The number of rotatable bonds is 2. The van der Waals surface area contributed by atoms with Crippen LogP contribution in [-0.4, -0.2) is 43.7 Å². The van der Waals surface area contributed by atoms with Crippen LogP contribution in [0.5, 0.6) is 5.75 Å². The van der Waals surface area contributed by atoms with Gasteiger partial charge in [0.2, 0.25) is 0 Å². The second-order valence-corrected chi connectivity index (χ2v) is 5.63. The molecule has 3 unspecified atom stereocenters. The molecule has 2 aliphatic heterocycles. The van der Waals surface area contributed by atoms with Gasteiger partial charge in [-0.2, -0.15) is 0 Å². The molecule has 2 aliphatic rings. The summed E-state index contributed by atoms with van der Waals surface area (Å²) in [4.78, 5) is 14.3. The molecule has 20 heavy (non-hydrogen) atoms. The Balaban J connectivity index is 1.64. The quantitative estimate of drug-likeness (QED) is 0.865. The molecule has 5 nitrogen and oxygen atoms in total. The number of benzene rings is 1. The number of ether oxygens (including phenoxy) is 1. The standard InChI is InChI=1S/C15H21N3O2/c1-10-14-8-16-7-11(14)9-18(10)15(19)17-12-3-5-13(20-2)6-4-12/h3-6,10-11,14,16H,7-9H2,1-2H3,(H,17,19). The molecule has 0 aromatic heterocycles. The molecule has 2 heterocycles. The smallest absolute Gasteiger partial charge is 0.322 e. The highest BCUT2D eigenvalue weighted by Gasteiger charge is 2.43. The van der Waals surface area contributed by atoms with Gasteiger partial charge in [0.25, 0.3) is 0 Å². The number of fused-ring (bicyclic) bond motifs is 1. The number of nitrogens with zero attached hydrogens (tertiary/aromatic N) is 1. The Labute approximate surface area is 119 Å². The molecular weight excluding hydrogens is 254 g/mol.